The molecule has 0 amide bonds. The lowest BCUT2D eigenvalue weighted by atomic mass is 10.1. The third kappa shape index (κ3) is 3.58. The summed E-state index contributed by atoms with van der Waals surface area (Å²) in [5.74, 6) is 1.56. The van der Waals surface area contributed by atoms with Gasteiger partial charge in [0, 0.05) is 10.3 Å². The Morgan fingerprint density at radius 2 is 2.06 bits per heavy atom. The normalized spacial score (nSPS) is 12.6. The molecule has 0 aliphatic rings. The third-order valence-electron chi connectivity index (χ3n) is 2.79. The molecule has 0 saturated carbocycles. The summed E-state index contributed by atoms with van der Waals surface area (Å²) in [6.07, 6.45) is 1.16. The number of nitrogens with zero attached hydrogens (tertiary/aromatic N) is 1. The van der Waals surface area contributed by atoms with Crippen molar-refractivity contribution in [2.75, 3.05) is 0 Å². The predicted octanol–water partition coefficient (Wildman–Crippen LogP) is 4.95. The summed E-state index contributed by atoms with van der Waals surface area (Å²) in [6, 6.07) is 10.5. The molecule has 90 valence electrons. The molecule has 1 atom stereocenters. The second kappa shape index (κ2) is 6.22. The van der Waals surface area contributed by atoms with E-state index in [1.807, 2.05) is 11.8 Å². The van der Waals surface area contributed by atoms with Gasteiger partial charge in [-0.1, -0.05) is 32.0 Å². The van der Waals surface area contributed by atoms with E-state index in [-0.39, 0.29) is 0 Å². The Kier molecular flexibility index (Phi) is 4.63. The van der Waals surface area contributed by atoms with E-state index in [0.29, 0.717) is 5.92 Å². The highest BCUT2D eigenvalue weighted by Gasteiger charge is 2.08. The molecular formula is C14H17NS2. The fraction of sp³-hybridized carbons (Fsp3) is 0.357. The molecule has 2 rings (SSSR count). The van der Waals surface area contributed by atoms with Crippen LogP contribution in [0.15, 0.2) is 40.6 Å². The predicted molar refractivity (Wildman–Crippen MR) is 76.8 cm³/mol. The largest absolute Gasteiger partial charge is 0.245 e. The van der Waals surface area contributed by atoms with E-state index in [1.54, 1.807) is 11.3 Å². The van der Waals surface area contributed by atoms with Gasteiger partial charge in [-0.3, -0.25) is 0 Å². The Hall–Kier alpha value is -0.800. The fourth-order valence-electron chi connectivity index (χ4n) is 1.49. The van der Waals surface area contributed by atoms with E-state index in [2.05, 4.69) is 49.6 Å². The first-order chi connectivity index (χ1) is 8.29. The van der Waals surface area contributed by atoms with Crippen molar-refractivity contribution in [3.05, 3.63) is 46.4 Å². The van der Waals surface area contributed by atoms with Gasteiger partial charge in [-0.25, -0.2) is 4.98 Å². The molecule has 0 aliphatic carbocycles. The summed E-state index contributed by atoms with van der Waals surface area (Å²) < 4.78 is 0. The Bertz CT molecular complexity index is 450. The summed E-state index contributed by atoms with van der Waals surface area (Å²) in [7, 11) is 0. The van der Waals surface area contributed by atoms with Crippen LogP contribution in [0.5, 0.6) is 0 Å². The minimum Gasteiger partial charge on any atom is -0.245 e. The summed E-state index contributed by atoms with van der Waals surface area (Å²) >= 11 is 3.63. The summed E-state index contributed by atoms with van der Waals surface area (Å²) in [5, 5.41) is 3.43. The van der Waals surface area contributed by atoms with Crippen molar-refractivity contribution in [1.29, 1.82) is 0 Å². The molecule has 0 spiro atoms. The molecule has 1 heterocycles. The lowest BCUT2D eigenvalue weighted by Crippen LogP contribution is -1.91. The minimum atomic E-state index is 0.585. The average molecular weight is 263 g/mol. The highest BCUT2D eigenvalue weighted by Crippen LogP contribution is 2.26. The van der Waals surface area contributed by atoms with Crippen LogP contribution in [0.4, 0.5) is 0 Å². The van der Waals surface area contributed by atoms with Crippen LogP contribution < -0.4 is 0 Å². The second-order valence-electron chi connectivity index (χ2n) is 4.08. The van der Waals surface area contributed by atoms with Crippen LogP contribution in [-0.4, -0.2) is 4.98 Å². The van der Waals surface area contributed by atoms with E-state index in [0.717, 1.165) is 12.2 Å². The Morgan fingerprint density at radius 1 is 1.29 bits per heavy atom. The Morgan fingerprint density at radius 3 is 2.76 bits per heavy atom. The molecule has 0 N–H and O–H groups in total. The Balaban J connectivity index is 1.94. The fourth-order valence-corrected chi connectivity index (χ4v) is 3.34. The lowest BCUT2D eigenvalue weighted by molar-refractivity contribution is 0.711. The van der Waals surface area contributed by atoms with Crippen molar-refractivity contribution in [2.24, 2.45) is 0 Å². The molecule has 3 heteroatoms. The zero-order chi connectivity index (χ0) is 12.1. The number of thioether (sulfide) groups is 1. The molecule has 1 aromatic carbocycles. The lowest BCUT2D eigenvalue weighted by Gasteiger charge is -2.02. The maximum atomic E-state index is 4.69. The molecule has 0 bridgehead atoms. The van der Waals surface area contributed by atoms with Crippen molar-refractivity contribution >= 4 is 23.1 Å². The van der Waals surface area contributed by atoms with E-state index in [1.165, 1.54) is 15.6 Å². The molecule has 0 saturated heterocycles. The van der Waals surface area contributed by atoms with Crippen molar-refractivity contribution in [1.82, 2.24) is 4.98 Å². The molecule has 17 heavy (non-hydrogen) atoms. The highest BCUT2D eigenvalue weighted by molar-refractivity contribution is 7.98. The van der Waals surface area contributed by atoms with Crippen LogP contribution in [0, 0.1) is 0 Å². The van der Waals surface area contributed by atoms with Gasteiger partial charge in [0.15, 0.2) is 0 Å². The number of thiazole rings is 1. The molecule has 1 nitrogen and oxygen atoms in total. The van der Waals surface area contributed by atoms with Gasteiger partial charge in [-0.05, 0) is 24.5 Å². The monoisotopic (exact) mass is 263 g/mol. The zero-order valence-electron chi connectivity index (χ0n) is 10.2. The van der Waals surface area contributed by atoms with Gasteiger partial charge < -0.3 is 0 Å². The molecule has 0 radical (unpaired) electrons. The van der Waals surface area contributed by atoms with Crippen molar-refractivity contribution in [3.8, 4) is 0 Å². The van der Waals surface area contributed by atoms with Gasteiger partial charge in [0.2, 0.25) is 0 Å². The van der Waals surface area contributed by atoms with Gasteiger partial charge in [0.25, 0.3) is 0 Å². The van der Waals surface area contributed by atoms with Gasteiger partial charge in [-0.2, -0.15) is 0 Å². The SMILES string of the molecule is CCC(C)c1csc(CSc2ccccc2)n1. The highest BCUT2D eigenvalue weighted by atomic mass is 32.2. The van der Waals surface area contributed by atoms with E-state index < -0.39 is 0 Å². The van der Waals surface area contributed by atoms with Crippen molar-refractivity contribution < 1.29 is 0 Å². The number of benzene rings is 1. The zero-order valence-corrected chi connectivity index (χ0v) is 11.9. The van der Waals surface area contributed by atoms with E-state index >= 15 is 0 Å². The van der Waals surface area contributed by atoms with Gasteiger partial charge in [-0.15, -0.1) is 23.1 Å². The number of rotatable bonds is 5. The first-order valence-electron chi connectivity index (χ1n) is 5.91. The van der Waals surface area contributed by atoms with Crippen LogP contribution in [-0.2, 0) is 5.75 Å². The van der Waals surface area contributed by atoms with Gasteiger partial charge >= 0.3 is 0 Å². The first-order valence-corrected chi connectivity index (χ1v) is 7.78. The molecule has 0 fully saturated rings. The molecule has 1 aromatic heterocycles. The smallest absolute Gasteiger partial charge is 0.103 e. The van der Waals surface area contributed by atoms with E-state index in [9.17, 15) is 0 Å². The molecule has 2 aromatic rings. The van der Waals surface area contributed by atoms with Crippen LogP contribution in [0.3, 0.4) is 0 Å². The number of hydrogen-bond acceptors (Lipinski definition) is 3. The summed E-state index contributed by atoms with van der Waals surface area (Å²) in [4.78, 5) is 6.01. The maximum absolute atomic E-state index is 4.69. The minimum absolute atomic E-state index is 0.585. The van der Waals surface area contributed by atoms with Crippen molar-refractivity contribution in [3.63, 3.8) is 0 Å². The maximum Gasteiger partial charge on any atom is 0.103 e. The first kappa shape index (κ1) is 12.7. The number of hydrogen-bond donors (Lipinski definition) is 0. The Labute approximate surface area is 111 Å². The second-order valence-corrected chi connectivity index (χ2v) is 6.07. The quantitative estimate of drug-likeness (QED) is 0.708. The topological polar surface area (TPSA) is 12.9 Å². The van der Waals surface area contributed by atoms with Crippen LogP contribution >= 0.6 is 23.1 Å². The number of aromatic nitrogens is 1. The standard InChI is InChI=1S/C14H17NS2/c1-3-11(2)13-9-17-14(15-13)10-16-12-7-5-4-6-8-12/h4-9,11H,3,10H2,1-2H3. The molecule has 1 unspecified atom stereocenters. The van der Waals surface area contributed by atoms with Crippen molar-refractivity contribution in [2.45, 2.75) is 36.8 Å². The van der Waals surface area contributed by atoms with Crippen LogP contribution in [0.1, 0.15) is 36.9 Å². The summed E-state index contributed by atoms with van der Waals surface area (Å²) in [5.41, 5.74) is 1.25. The molecule has 0 aliphatic heterocycles. The van der Waals surface area contributed by atoms with Gasteiger partial charge in [0.05, 0.1) is 11.4 Å². The molecular weight excluding hydrogens is 246 g/mol. The van der Waals surface area contributed by atoms with Crippen LogP contribution in [0.2, 0.25) is 0 Å². The summed E-state index contributed by atoms with van der Waals surface area (Å²) in [6.45, 7) is 4.45. The third-order valence-corrected chi connectivity index (χ3v) is 4.87. The van der Waals surface area contributed by atoms with Gasteiger partial charge in [0.1, 0.15) is 5.01 Å². The van der Waals surface area contributed by atoms with E-state index in [4.69, 9.17) is 4.98 Å². The average Bonchev–Trinajstić information content (AvgIpc) is 2.85. The van der Waals surface area contributed by atoms with Crippen LogP contribution in [0.25, 0.3) is 0 Å².